The zero-order valence-corrected chi connectivity index (χ0v) is 30.1. The van der Waals surface area contributed by atoms with E-state index in [-0.39, 0.29) is 80.3 Å². The standard InChI is InChI=1S/C32H64N12O7/c1-20(29-30(31(49)50)44-32(38)43-29)51-19-39-11-4-8-23(35)17-28(48)42-14-6-10-24(36)18-26(46)40-12-3-2-7-22(34)16-27(47)41-13-5-9-21(33)15-25(37)45/h20-24,29-30,39H,2-19,33-36H2,1H3,(H2,37,45)(H,40,46)(H,41,47)(H,42,48)(H,49,50)(H3,38,43,44)/t20-,21?,22?,23?,24?,29+,30?/m0/s1. The van der Waals surface area contributed by atoms with Crippen LogP contribution in [-0.2, 0) is 28.7 Å². The molecule has 0 fully saturated rings. The van der Waals surface area contributed by atoms with E-state index < -0.39 is 30.1 Å². The van der Waals surface area contributed by atoms with Crippen LogP contribution >= 0.6 is 0 Å². The fourth-order valence-corrected chi connectivity index (χ4v) is 5.50. The number of guanidine groups is 1. The molecule has 0 aromatic rings. The van der Waals surface area contributed by atoms with E-state index in [2.05, 4.69) is 31.6 Å². The third-order valence-corrected chi connectivity index (χ3v) is 8.35. The Hall–Kier alpha value is -3.62. The predicted molar refractivity (Wildman–Crippen MR) is 194 cm³/mol. The van der Waals surface area contributed by atoms with Crippen LogP contribution in [0.5, 0.6) is 0 Å². The lowest BCUT2D eigenvalue weighted by Gasteiger charge is -2.23. The van der Waals surface area contributed by atoms with Gasteiger partial charge in [-0.05, 0) is 64.8 Å². The maximum atomic E-state index is 12.2. The molecule has 1 rings (SSSR count). The fraction of sp³-hybridized carbons (Fsp3) is 0.812. The molecule has 0 bridgehead atoms. The summed E-state index contributed by atoms with van der Waals surface area (Å²) in [5.41, 5.74) is 34.8. The Kier molecular flexibility index (Phi) is 23.3. The quantitative estimate of drug-likeness (QED) is 0.0257. The normalized spacial score (nSPS) is 18.4. The summed E-state index contributed by atoms with van der Waals surface area (Å²) < 4.78 is 5.67. The fourth-order valence-electron chi connectivity index (χ4n) is 5.50. The minimum absolute atomic E-state index is 0.0809. The summed E-state index contributed by atoms with van der Waals surface area (Å²) in [6, 6.07) is -2.74. The van der Waals surface area contributed by atoms with Crippen LogP contribution in [0.2, 0.25) is 0 Å². The van der Waals surface area contributed by atoms with Crippen molar-refractivity contribution < 1.29 is 33.8 Å². The van der Waals surface area contributed by atoms with Gasteiger partial charge in [0.2, 0.25) is 23.6 Å². The number of aliphatic imine (C=N–C) groups is 1. The number of aliphatic carboxylic acids is 1. The van der Waals surface area contributed by atoms with Crippen LogP contribution in [0, 0.1) is 0 Å². The number of primary amides is 1. The van der Waals surface area contributed by atoms with E-state index in [0.717, 1.165) is 19.3 Å². The molecule has 19 heteroatoms. The van der Waals surface area contributed by atoms with Crippen molar-refractivity contribution in [2.24, 2.45) is 39.4 Å². The van der Waals surface area contributed by atoms with E-state index in [9.17, 15) is 29.1 Å². The lowest BCUT2D eigenvalue weighted by Crippen LogP contribution is -2.49. The van der Waals surface area contributed by atoms with Crippen LogP contribution in [0.15, 0.2) is 4.99 Å². The largest absolute Gasteiger partial charge is 0.480 e. The third kappa shape index (κ3) is 22.7. The molecule has 0 aromatic heterocycles. The van der Waals surface area contributed by atoms with Crippen LogP contribution in [0.1, 0.15) is 90.4 Å². The number of carboxylic acids is 1. The lowest BCUT2D eigenvalue weighted by molar-refractivity contribution is -0.140. The third-order valence-electron chi connectivity index (χ3n) is 8.35. The van der Waals surface area contributed by atoms with Gasteiger partial charge < -0.3 is 65.5 Å². The number of nitrogens with one attached hydrogen (secondary N) is 5. The first-order valence-corrected chi connectivity index (χ1v) is 17.9. The van der Waals surface area contributed by atoms with Gasteiger partial charge >= 0.3 is 5.97 Å². The molecule has 0 saturated carbocycles. The Morgan fingerprint density at radius 3 is 1.63 bits per heavy atom. The van der Waals surface area contributed by atoms with Gasteiger partial charge in [0.25, 0.3) is 0 Å². The molecule has 19 nitrogen and oxygen atoms in total. The van der Waals surface area contributed by atoms with E-state index in [0.29, 0.717) is 64.7 Å². The molecule has 4 amide bonds. The number of hydrogen-bond acceptors (Lipinski definition) is 14. The first-order chi connectivity index (χ1) is 24.2. The van der Waals surface area contributed by atoms with Crippen molar-refractivity contribution in [2.75, 3.05) is 32.9 Å². The number of amides is 4. The molecular weight excluding hydrogens is 664 g/mol. The number of nitrogens with two attached hydrogens (primary N) is 6. The van der Waals surface area contributed by atoms with Crippen LogP contribution in [0.4, 0.5) is 0 Å². The Labute approximate surface area is 300 Å². The average molecular weight is 729 g/mol. The molecule has 5 unspecified atom stereocenters. The predicted octanol–water partition coefficient (Wildman–Crippen LogP) is -3.11. The number of ether oxygens (including phenoxy) is 1. The summed E-state index contributed by atoms with van der Waals surface area (Å²) in [5.74, 6) is -1.84. The summed E-state index contributed by atoms with van der Waals surface area (Å²) >= 11 is 0. The molecule has 1 heterocycles. The highest BCUT2D eigenvalue weighted by atomic mass is 16.5. The molecule has 18 N–H and O–H groups in total. The van der Waals surface area contributed by atoms with Crippen molar-refractivity contribution in [2.45, 2.75) is 133 Å². The average Bonchev–Trinajstić information content (AvgIpc) is 3.44. The molecule has 0 saturated heterocycles. The number of rotatable bonds is 30. The minimum Gasteiger partial charge on any atom is -0.480 e. The van der Waals surface area contributed by atoms with Gasteiger partial charge in [-0.25, -0.2) is 9.79 Å². The molecule has 294 valence electrons. The van der Waals surface area contributed by atoms with Gasteiger partial charge in [-0.15, -0.1) is 0 Å². The summed E-state index contributed by atoms with van der Waals surface area (Å²) in [7, 11) is 0. The van der Waals surface area contributed by atoms with Crippen molar-refractivity contribution in [1.29, 1.82) is 0 Å². The maximum absolute atomic E-state index is 12.2. The molecule has 0 radical (unpaired) electrons. The van der Waals surface area contributed by atoms with E-state index in [1.807, 2.05) is 0 Å². The first kappa shape index (κ1) is 45.4. The Morgan fingerprint density at radius 1 is 0.725 bits per heavy atom. The van der Waals surface area contributed by atoms with Gasteiger partial charge in [0.15, 0.2) is 12.0 Å². The van der Waals surface area contributed by atoms with E-state index in [4.69, 9.17) is 39.1 Å². The number of unbranched alkanes of at least 4 members (excludes halogenated alkanes) is 1. The topological polar surface area (TPSA) is 343 Å². The zero-order chi connectivity index (χ0) is 38.2. The van der Waals surface area contributed by atoms with Gasteiger partial charge in [0.05, 0.1) is 18.9 Å². The Bertz CT molecular complexity index is 1100. The van der Waals surface area contributed by atoms with Gasteiger partial charge in [-0.1, -0.05) is 6.42 Å². The van der Waals surface area contributed by atoms with Gasteiger partial charge in [-0.2, -0.15) is 0 Å². The van der Waals surface area contributed by atoms with Crippen LogP contribution in [0.3, 0.4) is 0 Å². The molecule has 7 atom stereocenters. The second-order valence-electron chi connectivity index (χ2n) is 13.3. The van der Waals surface area contributed by atoms with Crippen molar-refractivity contribution >= 4 is 35.6 Å². The van der Waals surface area contributed by atoms with Crippen molar-refractivity contribution in [3.8, 4) is 0 Å². The highest BCUT2D eigenvalue weighted by Gasteiger charge is 2.37. The molecule has 1 aliphatic heterocycles. The monoisotopic (exact) mass is 729 g/mol. The van der Waals surface area contributed by atoms with Gasteiger partial charge in [0.1, 0.15) is 0 Å². The number of carboxylic acid groups (broad SMARTS) is 1. The lowest BCUT2D eigenvalue weighted by atomic mass is 10.1. The maximum Gasteiger partial charge on any atom is 0.330 e. The minimum atomic E-state index is -1.07. The van der Waals surface area contributed by atoms with Crippen LogP contribution in [0.25, 0.3) is 0 Å². The van der Waals surface area contributed by atoms with E-state index in [1.54, 1.807) is 6.92 Å². The number of carbonyl (C=O) groups excluding carboxylic acids is 4. The smallest absolute Gasteiger partial charge is 0.330 e. The summed E-state index contributed by atoms with van der Waals surface area (Å²) in [4.78, 5) is 62.5. The Balaban J connectivity index is 2.00. The number of hydrogen-bond donors (Lipinski definition) is 12. The summed E-state index contributed by atoms with van der Waals surface area (Å²) in [6.07, 6.45) is 6.25. The number of nitrogens with zero attached hydrogens (tertiary/aromatic N) is 1. The van der Waals surface area contributed by atoms with Crippen molar-refractivity contribution in [3.05, 3.63) is 0 Å². The van der Waals surface area contributed by atoms with Gasteiger partial charge in [0, 0.05) is 69.5 Å². The van der Waals surface area contributed by atoms with Crippen LogP contribution < -0.4 is 61.0 Å². The number of carbonyl (C=O) groups is 5. The highest BCUT2D eigenvalue weighted by Crippen LogP contribution is 2.13. The van der Waals surface area contributed by atoms with Crippen LogP contribution in [-0.4, -0.2) is 116 Å². The second-order valence-corrected chi connectivity index (χ2v) is 13.3. The molecular formula is C32H64N12O7. The molecule has 0 spiro atoms. The van der Waals surface area contributed by atoms with Crippen molar-refractivity contribution in [1.82, 2.24) is 26.6 Å². The Morgan fingerprint density at radius 2 is 1.16 bits per heavy atom. The molecule has 51 heavy (non-hydrogen) atoms. The summed E-state index contributed by atoms with van der Waals surface area (Å²) in [6.45, 7) is 3.97. The second kappa shape index (κ2) is 26.2. The summed E-state index contributed by atoms with van der Waals surface area (Å²) in [5, 5.41) is 23.7. The van der Waals surface area contributed by atoms with Crippen molar-refractivity contribution in [3.63, 3.8) is 0 Å². The van der Waals surface area contributed by atoms with E-state index in [1.165, 1.54) is 0 Å². The van der Waals surface area contributed by atoms with Gasteiger partial charge in [-0.3, -0.25) is 24.5 Å². The van der Waals surface area contributed by atoms with E-state index >= 15 is 0 Å². The first-order valence-electron chi connectivity index (χ1n) is 17.9. The molecule has 0 aliphatic carbocycles. The zero-order valence-electron chi connectivity index (χ0n) is 30.1. The highest BCUT2D eigenvalue weighted by molar-refractivity contribution is 5.87. The molecule has 1 aliphatic rings. The SMILES string of the molecule is C[C@H](OCNCCCC(N)CC(=O)NCCCC(N)CC(=O)NCCCCC(N)CC(=O)NCCCC(N)CC(N)=O)[C@H]1NC(N)=NC1C(=O)O. The molecule has 0 aromatic carbocycles.